The Balaban J connectivity index is 1.18. The predicted molar refractivity (Wildman–Crippen MR) is 123 cm³/mol. The third kappa shape index (κ3) is 4.56. The summed E-state index contributed by atoms with van der Waals surface area (Å²) in [5.74, 6) is 0.734. The van der Waals surface area contributed by atoms with E-state index in [2.05, 4.69) is 23.1 Å². The number of hydrogen-bond acceptors (Lipinski definition) is 2. The monoisotopic (exact) mass is 433 g/mol. The Hall–Kier alpha value is -2.72. The summed E-state index contributed by atoms with van der Waals surface area (Å²) in [6.07, 6.45) is 5.12. The highest BCUT2D eigenvalue weighted by Crippen LogP contribution is 2.41. The van der Waals surface area contributed by atoms with E-state index in [0.717, 1.165) is 68.6 Å². The molecule has 0 amide bonds. The van der Waals surface area contributed by atoms with Gasteiger partial charge in [0, 0.05) is 38.3 Å². The molecule has 1 fully saturated rings. The summed E-state index contributed by atoms with van der Waals surface area (Å²) in [6, 6.07) is 21.8. The number of hydrogen-bond donors (Lipinski definition) is 0. The van der Waals surface area contributed by atoms with Gasteiger partial charge in [-0.1, -0.05) is 42.5 Å². The summed E-state index contributed by atoms with van der Waals surface area (Å²) >= 11 is 0. The first-order valence-electron chi connectivity index (χ1n) is 11.6. The molecule has 166 valence electrons. The molecule has 0 atom stereocenters. The van der Waals surface area contributed by atoms with Gasteiger partial charge in [-0.25, -0.2) is 8.78 Å². The van der Waals surface area contributed by atoms with Crippen molar-refractivity contribution in [1.29, 1.82) is 0 Å². The summed E-state index contributed by atoms with van der Waals surface area (Å²) in [6.45, 7) is 3.12. The van der Waals surface area contributed by atoms with E-state index in [0.29, 0.717) is 0 Å². The fourth-order valence-corrected chi connectivity index (χ4v) is 5.26. The van der Waals surface area contributed by atoms with Gasteiger partial charge in [-0.05, 0) is 66.4 Å². The van der Waals surface area contributed by atoms with Gasteiger partial charge < -0.3 is 9.64 Å². The zero-order valence-corrected chi connectivity index (χ0v) is 18.3. The minimum atomic E-state index is -0.231. The molecule has 0 aromatic heterocycles. The molecule has 1 saturated heterocycles. The van der Waals surface area contributed by atoms with Gasteiger partial charge >= 0.3 is 0 Å². The van der Waals surface area contributed by atoms with Crippen LogP contribution in [0.5, 0.6) is 5.75 Å². The van der Waals surface area contributed by atoms with E-state index in [-0.39, 0.29) is 23.2 Å². The summed E-state index contributed by atoms with van der Waals surface area (Å²) in [4.78, 5) is 2.53. The van der Waals surface area contributed by atoms with Crippen LogP contribution in [0, 0.1) is 11.6 Å². The maximum Gasteiger partial charge on any atom is 0.123 e. The zero-order chi connectivity index (χ0) is 22.0. The molecule has 0 saturated carbocycles. The first-order valence-corrected chi connectivity index (χ1v) is 11.6. The van der Waals surface area contributed by atoms with Crippen molar-refractivity contribution >= 4 is 0 Å². The average Bonchev–Trinajstić information content (AvgIpc) is 3.17. The zero-order valence-electron chi connectivity index (χ0n) is 18.3. The second kappa shape index (κ2) is 9.03. The van der Waals surface area contributed by atoms with E-state index in [1.807, 2.05) is 30.3 Å². The van der Waals surface area contributed by atoms with Crippen LogP contribution < -0.4 is 4.74 Å². The van der Waals surface area contributed by atoms with Crippen LogP contribution in [-0.4, -0.2) is 30.1 Å². The molecular weight excluding hydrogens is 404 g/mol. The first-order chi connectivity index (χ1) is 15.6. The summed E-state index contributed by atoms with van der Waals surface area (Å²) in [7, 11) is 0. The number of benzene rings is 3. The molecule has 2 aliphatic heterocycles. The lowest BCUT2D eigenvalue weighted by Gasteiger charge is -2.38. The van der Waals surface area contributed by atoms with Crippen LogP contribution in [0.25, 0.3) is 0 Å². The van der Waals surface area contributed by atoms with Gasteiger partial charge in [0.15, 0.2) is 0 Å². The van der Waals surface area contributed by atoms with Crippen LogP contribution in [0.15, 0.2) is 72.8 Å². The molecule has 2 nitrogen and oxygen atoms in total. The van der Waals surface area contributed by atoms with Gasteiger partial charge in [0.25, 0.3) is 0 Å². The van der Waals surface area contributed by atoms with E-state index in [1.165, 1.54) is 29.8 Å². The average molecular weight is 434 g/mol. The van der Waals surface area contributed by atoms with Crippen molar-refractivity contribution in [3.05, 3.63) is 101 Å². The van der Waals surface area contributed by atoms with Crippen LogP contribution in [0.1, 0.15) is 48.3 Å². The Morgan fingerprint density at radius 3 is 2.00 bits per heavy atom. The molecule has 32 heavy (non-hydrogen) atoms. The lowest BCUT2D eigenvalue weighted by molar-refractivity contribution is 0.0190. The molecule has 3 aromatic carbocycles. The second-order valence-electron chi connectivity index (χ2n) is 9.21. The number of para-hydroxylation sites is 1. The number of nitrogens with zero attached hydrogens (tertiary/aromatic N) is 1. The first kappa shape index (κ1) is 21.1. The quantitative estimate of drug-likeness (QED) is 0.449. The van der Waals surface area contributed by atoms with Gasteiger partial charge in [0.1, 0.15) is 23.0 Å². The number of ether oxygens (including phenoxy) is 1. The third-order valence-electron chi connectivity index (χ3n) is 7.09. The van der Waals surface area contributed by atoms with Crippen molar-refractivity contribution < 1.29 is 13.5 Å². The van der Waals surface area contributed by atoms with Crippen molar-refractivity contribution in [2.45, 2.75) is 43.6 Å². The van der Waals surface area contributed by atoms with Crippen LogP contribution >= 0.6 is 0 Å². The fourth-order valence-electron chi connectivity index (χ4n) is 5.26. The molecule has 0 radical (unpaired) electrons. The Morgan fingerprint density at radius 1 is 0.812 bits per heavy atom. The number of rotatable bonds is 6. The van der Waals surface area contributed by atoms with Gasteiger partial charge in [-0.3, -0.25) is 0 Å². The number of piperidine rings is 1. The van der Waals surface area contributed by atoms with Crippen molar-refractivity contribution in [2.75, 3.05) is 19.6 Å². The molecule has 2 aliphatic rings. The van der Waals surface area contributed by atoms with Crippen molar-refractivity contribution in [3.8, 4) is 5.75 Å². The minimum absolute atomic E-state index is 0.0229. The molecule has 4 heteroatoms. The van der Waals surface area contributed by atoms with Crippen molar-refractivity contribution in [2.24, 2.45) is 0 Å². The molecule has 0 aliphatic carbocycles. The largest absolute Gasteiger partial charge is 0.487 e. The van der Waals surface area contributed by atoms with E-state index in [4.69, 9.17) is 4.74 Å². The highest BCUT2D eigenvalue weighted by molar-refractivity contribution is 5.39. The topological polar surface area (TPSA) is 12.5 Å². The highest BCUT2D eigenvalue weighted by atomic mass is 19.1. The molecular formula is C28H29F2NO. The van der Waals surface area contributed by atoms with Crippen LogP contribution in [0.4, 0.5) is 8.78 Å². The lowest BCUT2D eigenvalue weighted by atomic mass is 9.86. The van der Waals surface area contributed by atoms with Crippen LogP contribution in [0.3, 0.4) is 0 Å². The maximum absolute atomic E-state index is 13.4. The Kier molecular flexibility index (Phi) is 5.97. The minimum Gasteiger partial charge on any atom is -0.487 e. The molecule has 3 aromatic rings. The van der Waals surface area contributed by atoms with Gasteiger partial charge in [-0.15, -0.1) is 0 Å². The fraction of sp³-hybridized carbons (Fsp3) is 0.357. The molecule has 0 N–H and O–H groups in total. The third-order valence-corrected chi connectivity index (χ3v) is 7.09. The molecule has 0 unspecified atom stereocenters. The molecule has 1 spiro atoms. The van der Waals surface area contributed by atoms with E-state index >= 15 is 0 Å². The SMILES string of the molecule is Fc1ccc(C(CCCN2CCC3(CC2)Cc2ccccc2O3)c2ccc(F)cc2)cc1. The Labute approximate surface area is 188 Å². The van der Waals surface area contributed by atoms with E-state index < -0.39 is 0 Å². The molecule has 0 bridgehead atoms. The number of likely N-dealkylation sites (tertiary alicyclic amines) is 1. The van der Waals surface area contributed by atoms with E-state index in [9.17, 15) is 8.78 Å². The van der Waals surface area contributed by atoms with Gasteiger partial charge in [-0.2, -0.15) is 0 Å². The number of halogens is 2. The Bertz CT molecular complexity index is 967. The van der Waals surface area contributed by atoms with Crippen molar-refractivity contribution in [3.63, 3.8) is 0 Å². The number of fused-ring (bicyclic) bond motifs is 1. The Morgan fingerprint density at radius 2 is 1.41 bits per heavy atom. The van der Waals surface area contributed by atoms with Crippen molar-refractivity contribution in [1.82, 2.24) is 4.90 Å². The van der Waals surface area contributed by atoms with Gasteiger partial charge in [0.05, 0.1) is 0 Å². The lowest BCUT2D eigenvalue weighted by Crippen LogP contribution is -2.47. The molecule has 5 rings (SSSR count). The predicted octanol–water partition coefficient (Wildman–Crippen LogP) is 6.35. The normalized spacial score (nSPS) is 17.5. The second-order valence-corrected chi connectivity index (χ2v) is 9.21. The summed E-state index contributed by atoms with van der Waals surface area (Å²) < 4.78 is 33.3. The summed E-state index contributed by atoms with van der Waals surface area (Å²) in [5, 5.41) is 0. The standard InChI is InChI=1S/C28H29F2NO/c29-24-11-7-21(8-12-24)26(22-9-13-25(30)14-10-22)5-3-17-31-18-15-28(16-19-31)20-23-4-1-2-6-27(23)32-28/h1-2,4,6-14,26H,3,5,15-20H2. The van der Waals surface area contributed by atoms with E-state index in [1.54, 1.807) is 0 Å². The summed E-state index contributed by atoms with van der Waals surface area (Å²) in [5.41, 5.74) is 3.47. The highest BCUT2D eigenvalue weighted by Gasteiger charge is 2.41. The van der Waals surface area contributed by atoms with Crippen LogP contribution in [0.2, 0.25) is 0 Å². The van der Waals surface area contributed by atoms with Gasteiger partial charge in [0.2, 0.25) is 0 Å². The maximum atomic E-state index is 13.4. The smallest absolute Gasteiger partial charge is 0.123 e. The van der Waals surface area contributed by atoms with Crippen LogP contribution in [-0.2, 0) is 6.42 Å². The molecule has 2 heterocycles.